The molecule has 0 fully saturated rings. The molecule has 0 bridgehead atoms. The first-order chi connectivity index (χ1) is 7.58. The van der Waals surface area contributed by atoms with Crippen molar-refractivity contribution in [2.45, 2.75) is 33.1 Å². The van der Waals surface area contributed by atoms with E-state index in [0.29, 0.717) is 18.9 Å². The second-order valence-electron chi connectivity index (χ2n) is 3.83. The Hall–Kier alpha value is -1.02. The van der Waals surface area contributed by atoms with E-state index < -0.39 is 0 Å². The second kappa shape index (κ2) is 5.90. The van der Waals surface area contributed by atoms with Gasteiger partial charge in [-0.05, 0) is 37.5 Å². The molecule has 1 aromatic rings. The van der Waals surface area contributed by atoms with Crippen molar-refractivity contribution in [1.29, 1.82) is 0 Å². The van der Waals surface area contributed by atoms with Crippen molar-refractivity contribution in [3.8, 4) is 0 Å². The van der Waals surface area contributed by atoms with Crippen molar-refractivity contribution in [1.82, 2.24) is 0 Å². The fraction of sp³-hybridized carbons (Fsp3) is 0.462. The number of aryl methyl sites for hydroxylation is 2. The van der Waals surface area contributed by atoms with E-state index in [1.807, 2.05) is 26.8 Å². The molecule has 0 unspecified atom stereocenters. The van der Waals surface area contributed by atoms with E-state index in [1.165, 1.54) is 5.56 Å². The van der Waals surface area contributed by atoms with E-state index >= 15 is 0 Å². The summed E-state index contributed by atoms with van der Waals surface area (Å²) in [5, 5.41) is 0. The largest absolute Gasteiger partial charge is 0.466 e. The van der Waals surface area contributed by atoms with Crippen molar-refractivity contribution in [2.24, 2.45) is 0 Å². The highest BCUT2D eigenvalue weighted by Gasteiger charge is 2.11. The Morgan fingerprint density at radius 2 is 2.06 bits per heavy atom. The molecular weight excluding hydrogens is 224 g/mol. The van der Waals surface area contributed by atoms with Crippen LogP contribution >= 0.6 is 11.6 Å². The normalized spacial score (nSPS) is 10.2. The summed E-state index contributed by atoms with van der Waals surface area (Å²) in [6.07, 6.45) is 0.308. The van der Waals surface area contributed by atoms with Gasteiger partial charge in [-0.1, -0.05) is 17.7 Å². The molecule has 0 aliphatic rings. The van der Waals surface area contributed by atoms with Crippen LogP contribution in [0.2, 0.25) is 0 Å². The summed E-state index contributed by atoms with van der Waals surface area (Å²) in [6.45, 7) is 6.25. The molecule has 16 heavy (non-hydrogen) atoms. The lowest BCUT2D eigenvalue weighted by atomic mass is 9.97. The van der Waals surface area contributed by atoms with E-state index in [1.54, 1.807) is 0 Å². The quantitative estimate of drug-likeness (QED) is 0.597. The van der Waals surface area contributed by atoms with Crippen LogP contribution in [0.15, 0.2) is 12.1 Å². The lowest BCUT2D eigenvalue weighted by Gasteiger charge is -2.11. The lowest BCUT2D eigenvalue weighted by molar-refractivity contribution is -0.142. The van der Waals surface area contributed by atoms with E-state index in [-0.39, 0.29) is 5.97 Å². The van der Waals surface area contributed by atoms with Crippen LogP contribution < -0.4 is 0 Å². The number of hydrogen-bond donors (Lipinski definition) is 0. The molecule has 0 amide bonds. The van der Waals surface area contributed by atoms with Gasteiger partial charge in [-0.3, -0.25) is 4.79 Å². The standard InChI is InChI=1S/C13H17ClO2/c1-4-16-13(15)7-12-10(3)5-9(2)6-11(12)8-14/h5-6H,4,7-8H2,1-3H3. The van der Waals surface area contributed by atoms with Gasteiger partial charge in [0, 0.05) is 5.88 Å². The number of rotatable bonds is 4. The number of benzene rings is 1. The summed E-state index contributed by atoms with van der Waals surface area (Å²) >= 11 is 5.88. The zero-order valence-electron chi connectivity index (χ0n) is 9.97. The maximum Gasteiger partial charge on any atom is 0.310 e. The van der Waals surface area contributed by atoms with E-state index in [9.17, 15) is 4.79 Å². The van der Waals surface area contributed by atoms with Crippen LogP contribution in [0, 0.1) is 13.8 Å². The molecule has 0 atom stereocenters. The highest BCUT2D eigenvalue weighted by atomic mass is 35.5. The zero-order valence-corrected chi connectivity index (χ0v) is 10.7. The Balaban J connectivity index is 2.98. The van der Waals surface area contributed by atoms with Gasteiger partial charge in [0.25, 0.3) is 0 Å². The average Bonchev–Trinajstić information content (AvgIpc) is 2.22. The summed E-state index contributed by atoms with van der Waals surface area (Å²) in [5.41, 5.74) is 4.29. The molecule has 88 valence electrons. The molecule has 0 radical (unpaired) electrons. The minimum atomic E-state index is -0.194. The molecular formula is C13H17ClO2. The SMILES string of the molecule is CCOC(=O)Cc1c(C)cc(C)cc1CCl. The van der Waals surface area contributed by atoms with Crippen molar-refractivity contribution in [2.75, 3.05) is 6.61 Å². The highest BCUT2D eigenvalue weighted by Crippen LogP contribution is 2.20. The molecule has 0 saturated carbocycles. The van der Waals surface area contributed by atoms with Gasteiger partial charge in [0.15, 0.2) is 0 Å². The third-order valence-corrected chi connectivity index (χ3v) is 2.77. The summed E-state index contributed by atoms with van der Waals surface area (Å²) in [4.78, 5) is 11.5. The smallest absolute Gasteiger partial charge is 0.310 e. The van der Waals surface area contributed by atoms with Crippen LogP contribution in [0.5, 0.6) is 0 Å². The fourth-order valence-corrected chi connectivity index (χ4v) is 2.05. The molecule has 0 aliphatic carbocycles. The van der Waals surface area contributed by atoms with Crippen LogP contribution in [0.25, 0.3) is 0 Å². The average molecular weight is 241 g/mol. The van der Waals surface area contributed by atoms with E-state index in [4.69, 9.17) is 16.3 Å². The molecule has 1 aromatic carbocycles. The van der Waals surface area contributed by atoms with Crippen molar-refractivity contribution in [3.63, 3.8) is 0 Å². The molecule has 0 aliphatic heterocycles. The number of ether oxygens (including phenoxy) is 1. The van der Waals surface area contributed by atoms with E-state index in [2.05, 4.69) is 6.07 Å². The Labute approximate surface area is 102 Å². The lowest BCUT2D eigenvalue weighted by Crippen LogP contribution is -2.10. The molecule has 3 heteroatoms. The van der Waals surface area contributed by atoms with Crippen LogP contribution in [-0.4, -0.2) is 12.6 Å². The molecule has 0 aromatic heterocycles. The maximum absolute atomic E-state index is 11.5. The van der Waals surface area contributed by atoms with Crippen molar-refractivity contribution < 1.29 is 9.53 Å². The maximum atomic E-state index is 11.5. The summed E-state index contributed by atoms with van der Waals surface area (Å²) in [6, 6.07) is 4.08. The van der Waals surface area contributed by atoms with Gasteiger partial charge in [0.05, 0.1) is 13.0 Å². The topological polar surface area (TPSA) is 26.3 Å². The predicted molar refractivity (Wildman–Crippen MR) is 65.8 cm³/mol. The van der Waals surface area contributed by atoms with Crippen molar-refractivity contribution >= 4 is 17.6 Å². The van der Waals surface area contributed by atoms with Gasteiger partial charge in [-0.25, -0.2) is 0 Å². The molecule has 0 heterocycles. The van der Waals surface area contributed by atoms with Gasteiger partial charge < -0.3 is 4.74 Å². The Morgan fingerprint density at radius 1 is 1.38 bits per heavy atom. The molecule has 2 nitrogen and oxygen atoms in total. The van der Waals surface area contributed by atoms with Gasteiger partial charge in [-0.15, -0.1) is 11.6 Å². The number of hydrogen-bond acceptors (Lipinski definition) is 2. The predicted octanol–water partition coefficient (Wildman–Crippen LogP) is 3.15. The van der Waals surface area contributed by atoms with Gasteiger partial charge >= 0.3 is 5.97 Å². The molecule has 1 rings (SSSR count). The molecule has 0 spiro atoms. The monoisotopic (exact) mass is 240 g/mol. The van der Waals surface area contributed by atoms with Crippen LogP contribution in [0.3, 0.4) is 0 Å². The number of carbonyl (C=O) groups excluding carboxylic acids is 1. The van der Waals surface area contributed by atoms with Crippen molar-refractivity contribution in [3.05, 3.63) is 34.4 Å². The number of carbonyl (C=O) groups is 1. The number of alkyl halides is 1. The summed E-state index contributed by atoms with van der Waals surface area (Å²) in [5.74, 6) is 0.234. The first-order valence-electron chi connectivity index (χ1n) is 5.39. The van der Waals surface area contributed by atoms with Gasteiger partial charge in [-0.2, -0.15) is 0 Å². The number of esters is 1. The minimum Gasteiger partial charge on any atom is -0.466 e. The summed E-state index contributed by atoms with van der Waals surface area (Å²) < 4.78 is 4.95. The third kappa shape index (κ3) is 3.24. The molecule has 0 saturated heterocycles. The van der Waals surface area contributed by atoms with Crippen LogP contribution in [0.1, 0.15) is 29.2 Å². The Kier molecular flexibility index (Phi) is 4.81. The van der Waals surface area contributed by atoms with Gasteiger partial charge in [0.1, 0.15) is 0 Å². The molecule has 0 N–H and O–H groups in total. The first kappa shape index (κ1) is 13.0. The third-order valence-electron chi connectivity index (χ3n) is 2.48. The zero-order chi connectivity index (χ0) is 12.1. The van der Waals surface area contributed by atoms with E-state index in [0.717, 1.165) is 16.7 Å². The highest BCUT2D eigenvalue weighted by molar-refractivity contribution is 6.17. The first-order valence-corrected chi connectivity index (χ1v) is 5.92. The Bertz CT molecular complexity index is 386. The Morgan fingerprint density at radius 3 is 2.62 bits per heavy atom. The van der Waals surface area contributed by atoms with Crippen LogP contribution in [-0.2, 0) is 21.8 Å². The number of halogens is 1. The summed E-state index contributed by atoms with van der Waals surface area (Å²) in [7, 11) is 0. The van der Waals surface area contributed by atoms with Gasteiger partial charge in [0.2, 0.25) is 0 Å². The minimum absolute atomic E-state index is 0.194. The fourth-order valence-electron chi connectivity index (χ4n) is 1.81. The second-order valence-corrected chi connectivity index (χ2v) is 4.10. The van der Waals surface area contributed by atoms with Crippen LogP contribution in [0.4, 0.5) is 0 Å².